The molecule has 1 aliphatic heterocycles. The van der Waals surface area contributed by atoms with E-state index in [1.165, 1.54) is 28.6 Å². The zero-order valence-corrected chi connectivity index (χ0v) is 13.0. The zero-order valence-electron chi connectivity index (χ0n) is 11.4. The van der Waals surface area contributed by atoms with Crippen molar-refractivity contribution in [3.8, 4) is 0 Å². The summed E-state index contributed by atoms with van der Waals surface area (Å²) in [5, 5.41) is 5.11. The Morgan fingerprint density at radius 2 is 1.65 bits per heavy atom. The minimum Gasteiger partial charge on any atom is -0.225 e. The summed E-state index contributed by atoms with van der Waals surface area (Å²) in [4.78, 5) is -0.611. The van der Waals surface area contributed by atoms with Gasteiger partial charge in [0.15, 0.2) is 0 Å². The molecule has 0 bridgehead atoms. The number of rotatable bonds is 3. The van der Waals surface area contributed by atoms with Crippen molar-refractivity contribution >= 4 is 20.0 Å². The SMILES string of the molecule is CC1(C)CCCN1S(=O)(=O)c1ccccc1S(N)(=O)=O. The van der Waals surface area contributed by atoms with Gasteiger partial charge >= 0.3 is 0 Å². The summed E-state index contributed by atoms with van der Waals surface area (Å²) in [7, 11) is -7.98. The Morgan fingerprint density at radius 3 is 2.10 bits per heavy atom. The Morgan fingerprint density at radius 1 is 1.10 bits per heavy atom. The summed E-state index contributed by atoms with van der Waals surface area (Å²) >= 11 is 0. The fraction of sp³-hybridized carbons (Fsp3) is 0.500. The molecule has 1 heterocycles. The molecule has 1 fully saturated rings. The molecule has 0 atom stereocenters. The molecule has 20 heavy (non-hydrogen) atoms. The van der Waals surface area contributed by atoms with Gasteiger partial charge in [0, 0.05) is 12.1 Å². The van der Waals surface area contributed by atoms with Gasteiger partial charge in [0.1, 0.15) is 9.79 Å². The van der Waals surface area contributed by atoms with E-state index in [0.29, 0.717) is 6.54 Å². The number of hydrogen-bond acceptors (Lipinski definition) is 4. The van der Waals surface area contributed by atoms with Crippen LogP contribution in [0.2, 0.25) is 0 Å². The van der Waals surface area contributed by atoms with Crippen LogP contribution in [0.3, 0.4) is 0 Å². The molecule has 1 saturated heterocycles. The van der Waals surface area contributed by atoms with E-state index in [9.17, 15) is 16.8 Å². The second-order valence-corrected chi connectivity index (χ2v) is 8.85. The van der Waals surface area contributed by atoms with Gasteiger partial charge in [-0.1, -0.05) is 12.1 Å². The van der Waals surface area contributed by atoms with Gasteiger partial charge in [0.25, 0.3) is 0 Å². The number of nitrogens with zero attached hydrogens (tertiary/aromatic N) is 1. The largest absolute Gasteiger partial charge is 0.244 e. The van der Waals surface area contributed by atoms with Gasteiger partial charge in [-0.3, -0.25) is 0 Å². The predicted molar refractivity (Wildman–Crippen MR) is 75.0 cm³/mol. The normalized spacial score (nSPS) is 20.1. The van der Waals surface area contributed by atoms with E-state index in [4.69, 9.17) is 5.14 Å². The van der Waals surface area contributed by atoms with Crippen LogP contribution in [-0.2, 0) is 20.0 Å². The monoisotopic (exact) mass is 318 g/mol. The quantitative estimate of drug-likeness (QED) is 0.895. The standard InChI is InChI=1S/C12H18N2O4S2/c1-12(2)8-5-9-14(12)20(17,18)11-7-4-3-6-10(11)19(13,15)16/h3-4,6-7H,5,8-9H2,1-2H3,(H2,13,15,16). The first-order valence-electron chi connectivity index (χ1n) is 6.21. The van der Waals surface area contributed by atoms with Crippen LogP contribution >= 0.6 is 0 Å². The molecule has 0 unspecified atom stereocenters. The van der Waals surface area contributed by atoms with E-state index >= 15 is 0 Å². The summed E-state index contributed by atoms with van der Waals surface area (Å²) in [5.41, 5.74) is -0.524. The van der Waals surface area contributed by atoms with E-state index in [-0.39, 0.29) is 9.79 Å². The fourth-order valence-electron chi connectivity index (χ4n) is 2.55. The molecule has 0 spiro atoms. The molecule has 0 saturated carbocycles. The maximum absolute atomic E-state index is 12.7. The van der Waals surface area contributed by atoms with Crippen LogP contribution in [-0.4, -0.2) is 33.2 Å². The van der Waals surface area contributed by atoms with Crippen LogP contribution in [0, 0.1) is 0 Å². The average molecular weight is 318 g/mol. The molecule has 2 rings (SSSR count). The minimum absolute atomic E-state index is 0.252. The average Bonchev–Trinajstić information content (AvgIpc) is 2.68. The van der Waals surface area contributed by atoms with Crippen molar-refractivity contribution in [3.63, 3.8) is 0 Å². The van der Waals surface area contributed by atoms with Crippen LogP contribution in [0.25, 0.3) is 0 Å². The molecule has 1 aromatic rings. The van der Waals surface area contributed by atoms with Crippen molar-refractivity contribution < 1.29 is 16.8 Å². The van der Waals surface area contributed by atoms with Gasteiger partial charge < -0.3 is 0 Å². The lowest BCUT2D eigenvalue weighted by atomic mass is 10.0. The van der Waals surface area contributed by atoms with Gasteiger partial charge in [-0.2, -0.15) is 4.31 Å². The Labute approximate surface area is 119 Å². The first-order chi connectivity index (χ1) is 9.07. The molecule has 0 aromatic heterocycles. The lowest BCUT2D eigenvalue weighted by Gasteiger charge is -2.30. The van der Waals surface area contributed by atoms with Gasteiger partial charge in [-0.25, -0.2) is 22.0 Å². The van der Waals surface area contributed by atoms with Crippen LogP contribution < -0.4 is 5.14 Å². The van der Waals surface area contributed by atoms with Crippen molar-refractivity contribution in [2.24, 2.45) is 5.14 Å². The van der Waals surface area contributed by atoms with Crippen LogP contribution in [0.4, 0.5) is 0 Å². The summed E-state index contributed by atoms with van der Waals surface area (Å²) in [5.74, 6) is 0. The maximum Gasteiger partial charge on any atom is 0.244 e. The van der Waals surface area contributed by atoms with Crippen molar-refractivity contribution in [1.29, 1.82) is 0 Å². The van der Waals surface area contributed by atoms with Gasteiger partial charge in [-0.05, 0) is 38.8 Å². The smallest absolute Gasteiger partial charge is 0.225 e. The van der Waals surface area contributed by atoms with Crippen LogP contribution in [0.5, 0.6) is 0 Å². The first kappa shape index (κ1) is 15.4. The van der Waals surface area contributed by atoms with Crippen LogP contribution in [0.15, 0.2) is 34.1 Å². The topological polar surface area (TPSA) is 97.5 Å². The van der Waals surface area contributed by atoms with Crippen molar-refractivity contribution in [2.75, 3.05) is 6.54 Å². The minimum atomic E-state index is -4.09. The maximum atomic E-state index is 12.7. The third-order valence-corrected chi connectivity index (χ3v) is 6.82. The Bertz CT molecular complexity index is 724. The highest BCUT2D eigenvalue weighted by atomic mass is 32.2. The summed E-state index contributed by atoms with van der Waals surface area (Å²) in [6, 6.07) is 5.44. The fourth-order valence-corrected chi connectivity index (χ4v) is 5.75. The molecule has 0 radical (unpaired) electrons. The number of primary sulfonamides is 1. The summed E-state index contributed by atoms with van der Waals surface area (Å²) in [6.07, 6.45) is 1.49. The number of hydrogen-bond donors (Lipinski definition) is 1. The third-order valence-electron chi connectivity index (χ3n) is 3.55. The molecule has 1 aliphatic rings. The predicted octanol–water partition coefficient (Wildman–Crippen LogP) is 0.897. The summed E-state index contributed by atoms with van der Waals surface area (Å²) < 4.78 is 49.9. The highest BCUT2D eigenvalue weighted by Crippen LogP contribution is 2.35. The van der Waals surface area contributed by atoms with Crippen molar-refractivity contribution in [3.05, 3.63) is 24.3 Å². The summed E-state index contributed by atoms with van der Waals surface area (Å²) in [6.45, 7) is 4.04. The lowest BCUT2D eigenvalue weighted by molar-refractivity contribution is 0.291. The van der Waals surface area contributed by atoms with E-state index < -0.39 is 25.6 Å². The zero-order chi connectivity index (χ0) is 15.2. The van der Waals surface area contributed by atoms with E-state index in [0.717, 1.165) is 12.8 Å². The lowest BCUT2D eigenvalue weighted by Crippen LogP contribution is -2.43. The third kappa shape index (κ3) is 2.60. The van der Waals surface area contributed by atoms with Crippen molar-refractivity contribution in [1.82, 2.24) is 4.31 Å². The highest BCUT2D eigenvalue weighted by Gasteiger charge is 2.42. The van der Waals surface area contributed by atoms with E-state index in [1.54, 1.807) is 0 Å². The molecule has 8 heteroatoms. The van der Waals surface area contributed by atoms with E-state index in [2.05, 4.69) is 0 Å². The van der Waals surface area contributed by atoms with E-state index in [1.807, 2.05) is 13.8 Å². The second kappa shape index (κ2) is 4.80. The first-order valence-corrected chi connectivity index (χ1v) is 9.20. The number of nitrogens with two attached hydrogens (primary N) is 1. The van der Waals surface area contributed by atoms with Gasteiger partial charge in [0.2, 0.25) is 20.0 Å². The molecular weight excluding hydrogens is 300 g/mol. The van der Waals surface area contributed by atoms with Gasteiger partial charge in [-0.15, -0.1) is 0 Å². The molecule has 112 valence electrons. The van der Waals surface area contributed by atoms with Crippen molar-refractivity contribution in [2.45, 2.75) is 42.0 Å². The molecule has 1 aromatic carbocycles. The van der Waals surface area contributed by atoms with Crippen LogP contribution in [0.1, 0.15) is 26.7 Å². The Hall–Kier alpha value is -0.960. The molecular formula is C12H18N2O4S2. The second-order valence-electron chi connectivity index (χ2n) is 5.48. The van der Waals surface area contributed by atoms with Gasteiger partial charge in [0.05, 0.1) is 0 Å². The number of sulfonamides is 2. The molecule has 0 aliphatic carbocycles. The molecule has 0 amide bonds. The molecule has 2 N–H and O–H groups in total. The Kier molecular flexibility index (Phi) is 3.70. The Balaban J connectivity index is 2.63. The molecule has 6 nitrogen and oxygen atoms in total. The number of benzene rings is 1. The highest BCUT2D eigenvalue weighted by molar-refractivity contribution is 7.92.